The molecule has 1 aliphatic rings. The lowest BCUT2D eigenvalue weighted by Crippen LogP contribution is -2.20. The Balaban J connectivity index is 2.50. The Labute approximate surface area is 101 Å². The van der Waals surface area contributed by atoms with Crippen LogP contribution < -0.4 is 15.2 Å². The Morgan fingerprint density at radius 2 is 1.88 bits per heavy atom. The Hall–Kier alpha value is -1.29. The third-order valence-corrected chi connectivity index (χ3v) is 3.56. The van der Waals surface area contributed by atoms with Crippen LogP contribution in [0.15, 0.2) is 12.1 Å². The van der Waals surface area contributed by atoms with Crippen LogP contribution in [0, 0.1) is 0 Å². The molecular weight excluding hydrogens is 221 g/mol. The molecule has 0 radical (unpaired) electrons. The standard InChI is InChI=1S/C13H18FNO2/c1-16-11-6-10(13(8-15)3-4-13)12(17-2)5-9(11)7-14/h5-6H,3-4,7-8,15H2,1-2H3. The summed E-state index contributed by atoms with van der Waals surface area (Å²) in [4.78, 5) is 0. The third-order valence-electron chi connectivity index (χ3n) is 3.56. The lowest BCUT2D eigenvalue weighted by atomic mass is 9.93. The van der Waals surface area contributed by atoms with Crippen LogP contribution in [-0.4, -0.2) is 20.8 Å². The van der Waals surface area contributed by atoms with Gasteiger partial charge in [0.25, 0.3) is 0 Å². The molecule has 2 N–H and O–H groups in total. The van der Waals surface area contributed by atoms with Crippen LogP contribution in [0.3, 0.4) is 0 Å². The van der Waals surface area contributed by atoms with Gasteiger partial charge in [0.05, 0.1) is 14.2 Å². The van der Waals surface area contributed by atoms with Crippen LogP contribution in [0.5, 0.6) is 11.5 Å². The van der Waals surface area contributed by atoms with Crippen LogP contribution in [0.2, 0.25) is 0 Å². The van der Waals surface area contributed by atoms with Crippen molar-refractivity contribution in [1.29, 1.82) is 0 Å². The average Bonchev–Trinajstić information content (AvgIpc) is 3.18. The molecule has 1 aliphatic carbocycles. The first-order chi connectivity index (χ1) is 8.20. The van der Waals surface area contributed by atoms with E-state index < -0.39 is 6.67 Å². The van der Waals surface area contributed by atoms with Crippen molar-refractivity contribution < 1.29 is 13.9 Å². The number of halogens is 1. The number of hydrogen-bond donors (Lipinski definition) is 1. The fourth-order valence-corrected chi connectivity index (χ4v) is 2.21. The van der Waals surface area contributed by atoms with Crippen molar-refractivity contribution in [1.82, 2.24) is 0 Å². The summed E-state index contributed by atoms with van der Waals surface area (Å²) >= 11 is 0. The zero-order valence-corrected chi connectivity index (χ0v) is 10.3. The van der Waals surface area contributed by atoms with Crippen LogP contribution in [0.1, 0.15) is 24.0 Å². The van der Waals surface area contributed by atoms with Crippen molar-refractivity contribution in [2.75, 3.05) is 20.8 Å². The molecule has 94 valence electrons. The van der Waals surface area contributed by atoms with Crippen molar-refractivity contribution in [3.63, 3.8) is 0 Å². The second-order valence-corrected chi connectivity index (χ2v) is 4.48. The molecular formula is C13H18FNO2. The van der Waals surface area contributed by atoms with Gasteiger partial charge in [-0.2, -0.15) is 0 Å². The topological polar surface area (TPSA) is 44.5 Å². The highest BCUT2D eigenvalue weighted by molar-refractivity contribution is 5.52. The van der Waals surface area contributed by atoms with E-state index in [0.717, 1.165) is 18.4 Å². The maximum atomic E-state index is 12.9. The molecule has 4 heteroatoms. The number of benzene rings is 1. The normalized spacial score (nSPS) is 16.7. The predicted octanol–water partition coefficient (Wildman–Crippen LogP) is 2.16. The quantitative estimate of drug-likeness (QED) is 0.856. The zero-order valence-electron chi connectivity index (χ0n) is 10.3. The number of hydrogen-bond acceptors (Lipinski definition) is 3. The van der Waals surface area contributed by atoms with E-state index in [1.165, 1.54) is 0 Å². The molecule has 0 amide bonds. The maximum absolute atomic E-state index is 12.9. The van der Waals surface area contributed by atoms with Crippen molar-refractivity contribution in [3.05, 3.63) is 23.3 Å². The fourth-order valence-electron chi connectivity index (χ4n) is 2.21. The number of methoxy groups -OCH3 is 2. The fraction of sp³-hybridized carbons (Fsp3) is 0.538. The maximum Gasteiger partial charge on any atom is 0.125 e. The summed E-state index contributed by atoms with van der Waals surface area (Å²) in [6, 6.07) is 3.58. The molecule has 1 fully saturated rings. The first-order valence-corrected chi connectivity index (χ1v) is 5.72. The second-order valence-electron chi connectivity index (χ2n) is 4.48. The minimum atomic E-state index is -0.560. The number of ether oxygens (including phenoxy) is 2. The van der Waals surface area contributed by atoms with Gasteiger partial charge in [-0.15, -0.1) is 0 Å². The smallest absolute Gasteiger partial charge is 0.125 e. The van der Waals surface area contributed by atoms with Gasteiger partial charge < -0.3 is 15.2 Å². The van der Waals surface area contributed by atoms with Crippen molar-refractivity contribution in [2.45, 2.75) is 24.9 Å². The molecule has 0 spiro atoms. The third kappa shape index (κ3) is 1.97. The molecule has 1 aromatic carbocycles. The average molecular weight is 239 g/mol. The highest BCUT2D eigenvalue weighted by Gasteiger charge is 2.45. The van der Waals surface area contributed by atoms with Crippen molar-refractivity contribution >= 4 is 0 Å². The van der Waals surface area contributed by atoms with E-state index in [2.05, 4.69) is 0 Å². The Morgan fingerprint density at radius 1 is 1.24 bits per heavy atom. The van der Waals surface area contributed by atoms with Gasteiger partial charge >= 0.3 is 0 Å². The largest absolute Gasteiger partial charge is 0.496 e. The molecule has 0 heterocycles. The Bertz CT molecular complexity index is 416. The second kappa shape index (κ2) is 4.53. The van der Waals surface area contributed by atoms with Gasteiger partial charge in [0.2, 0.25) is 0 Å². The Morgan fingerprint density at radius 3 is 2.29 bits per heavy atom. The van der Waals surface area contributed by atoms with E-state index in [9.17, 15) is 4.39 Å². The first kappa shape index (κ1) is 12.2. The van der Waals surface area contributed by atoms with Gasteiger partial charge in [-0.25, -0.2) is 4.39 Å². The number of nitrogens with two attached hydrogens (primary N) is 1. The highest BCUT2D eigenvalue weighted by Crippen LogP contribution is 2.51. The summed E-state index contributed by atoms with van der Waals surface area (Å²) in [5, 5.41) is 0. The molecule has 0 aliphatic heterocycles. The van der Waals surface area contributed by atoms with Gasteiger partial charge in [0.15, 0.2) is 0 Å². The first-order valence-electron chi connectivity index (χ1n) is 5.72. The zero-order chi connectivity index (χ0) is 12.5. The summed E-state index contributed by atoms with van der Waals surface area (Å²) in [7, 11) is 3.15. The van der Waals surface area contributed by atoms with E-state index in [-0.39, 0.29) is 5.41 Å². The van der Waals surface area contributed by atoms with E-state index in [0.29, 0.717) is 23.6 Å². The molecule has 0 bridgehead atoms. The summed E-state index contributed by atoms with van der Waals surface area (Å²) in [5.74, 6) is 1.28. The van der Waals surface area contributed by atoms with E-state index in [1.54, 1.807) is 20.3 Å². The van der Waals surface area contributed by atoms with Gasteiger partial charge in [-0.1, -0.05) is 0 Å². The van der Waals surface area contributed by atoms with Crippen LogP contribution in [-0.2, 0) is 12.1 Å². The minimum Gasteiger partial charge on any atom is -0.496 e. The molecule has 1 saturated carbocycles. The van der Waals surface area contributed by atoms with E-state index >= 15 is 0 Å². The van der Waals surface area contributed by atoms with Gasteiger partial charge in [-0.05, 0) is 25.0 Å². The predicted molar refractivity (Wildman–Crippen MR) is 64.3 cm³/mol. The lowest BCUT2D eigenvalue weighted by Gasteiger charge is -2.19. The molecule has 2 rings (SSSR count). The highest BCUT2D eigenvalue weighted by atomic mass is 19.1. The Kier molecular flexibility index (Phi) is 3.24. The minimum absolute atomic E-state index is 0.00741. The molecule has 17 heavy (non-hydrogen) atoms. The van der Waals surface area contributed by atoms with E-state index in [1.807, 2.05) is 6.07 Å². The molecule has 1 aromatic rings. The lowest BCUT2D eigenvalue weighted by molar-refractivity contribution is 0.379. The van der Waals surface area contributed by atoms with Gasteiger partial charge in [0.1, 0.15) is 18.2 Å². The van der Waals surface area contributed by atoms with Crippen molar-refractivity contribution in [3.8, 4) is 11.5 Å². The SMILES string of the molecule is COc1cc(C2(CN)CC2)c(OC)cc1CF. The summed E-state index contributed by atoms with van der Waals surface area (Å²) in [6.07, 6.45) is 2.11. The van der Waals surface area contributed by atoms with Crippen LogP contribution >= 0.6 is 0 Å². The molecule has 0 saturated heterocycles. The summed E-state index contributed by atoms with van der Waals surface area (Å²) < 4.78 is 23.4. The number of rotatable bonds is 5. The summed E-state index contributed by atoms with van der Waals surface area (Å²) in [5.41, 5.74) is 7.38. The van der Waals surface area contributed by atoms with Gasteiger partial charge in [0, 0.05) is 23.1 Å². The van der Waals surface area contributed by atoms with Crippen LogP contribution in [0.25, 0.3) is 0 Å². The molecule has 0 atom stereocenters. The summed E-state index contributed by atoms with van der Waals surface area (Å²) in [6.45, 7) is 0.0247. The molecule has 0 unspecified atom stereocenters. The molecule has 0 aromatic heterocycles. The van der Waals surface area contributed by atoms with Crippen molar-refractivity contribution in [2.24, 2.45) is 5.73 Å². The molecule has 3 nitrogen and oxygen atoms in total. The monoisotopic (exact) mass is 239 g/mol. The van der Waals surface area contributed by atoms with E-state index in [4.69, 9.17) is 15.2 Å². The van der Waals surface area contributed by atoms with Crippen LogP contribution in [0.4, 0.5) is 4.39 Å². The van der Waals surface area contributed by atoms with Gasteiger partial charge in [-0.3, -0.25) is 0 Å². The number of alkyl halides is 1.